The number of fused-ring (bicyclic) bond motifs is 3. The van der Waals surface area contributed by atoms with E-state index in [0.29, 0.717) is 55.9 Å². The van der Waals surface area contributed by atoms with Crippen LogP contribution in [0.4, 0.5) is 5.69 Å². The first-order chi connectivity index (χ1) is 27.8. The Hall–Kier alpha value is -5.30. The topological polar surface area (TPSA) is 135 Å². The molecule has 0 radical (unpaired) electrons. The van der Waals surface area contributed by atoms with Crippen molar-refractivity contribution < 1.29 is 19.1 Å². The summed E-state index contributed by atoms with van der Waals surface area (Å²) < 4.78 is 13.3. The molecule has 5 aromatic rings. The number of carbonyl (C=O) groups excluding carboxylic acids is 2. The quantitative estimate of drug-likeness (QED) is 0.107. The van der Waals surface area contributed by atoms with Crippen molar-refractivity contribution in [1.29, 1.82) is 0 Å². The number of hydrogen-bond donors (Lipinski definition) is 4. The molecule has 0 aliphatic carbocycles. The third-order valence-corrected chi connectivity index (χ3v) is 11.7. The van der Waals surface area contributed by atoms with E-state index in [1.807, 2.05) is 42.1 Å². The Morgan fingerprint density at radius 3 is 2.46 bits per heavy atom. The van der Waals surface area contributed by atoms with Crippen LogP contribution in [-0.2, 0) is 37.3 Å². The van der Waals surface area contributed by atoms with Gasteiger partial charge in [0.1, 0.15) is 5.75 Å². The summed E-state index contributed by atoms with van der Waals surface area (Å²) in [5, 5.41) is 19.1. The van der Waals surface area contributed by atoms with E-state index in [4.69, 9.17) is 14.5 Å². The van der Waals surface area contributed by atoms with E-state index in [1.54, 1.807) is 13.2 Å². The highest BCUT2D eigenvalue weighted by molar-refractivity contribution is 6.00. The van der Waals surface area contributed by atoms with Crippen LogP contribution in [0.2, 0.25) is 0 Å². The number of likely N-dealkylation sites (tertiary alicyclic amines) is 1. The van der Waals surface area contributed by atoms with E-state index in [2.05, 4.69) is 75.4 Å². The van der Waals surface area contributed by atoms with Crippen LogP contribution >= 0.6 is 0 Å². The summed E-state index contributed by atoms with van der Waals surface area (Å²) in [5.41, 5.74) is 9.64. The fraction of sp³-hybridized carbons (Fsp3) is 0.422. The van der Waals surface area contributed by atoms with Crippen LogP contribution in [0.5, 0.6) is 5.75 Å². The van der Waals surface area contributed by atoms with Gasteiger partial charge in [0.25, 0.3) is 11.8 Å². The van der Waals surface area contributed by atoms with Crippen LogP contribution < -0.4 is 26.0 Å². The number of carbonyl (C=O) groups is 2. The van der Waals surface area contributed by atoms with Gasteiger partial charge in [0, 0.05) is 98.6 Å². The largest absolute Gasteiger partial charge is 0.496 e. The van der Waals surface area contributed by atoms with E-state index in [-0.39, 0.29) is 24.4 Å². The molecule has 8 rings (SSSR count). The van der Waals surface area contributed by atoms with Gasteiger partial charge >= 0.3 is 0 Å². The maximum Gasteiger partial charge on any atom is 0.251 e. The smallest absolute Gasteiger partial charge is 0.251 e. The summed E-state index contributed by atoms with van der Waals surface area (Å²) in [6.07, 6.45) is 5.60. The molecule has 2 amide bonds. The first-order valence-electron chi connectivity index (χ1n) is 20.4. The third-order valence-electron chi connectivity index (χ3n) is 11.7. The van der Waals surface area contributed by atoms with Gasteiger partial charge in [-0.3, -0.25) is 14.5 Å². The molecule has 57 heavy (non-hydrogen) atoms. The average Bonchev–Trinajstić information content (AvgIpc) is 3.99. The molecule has 3 fully saturated rings. The molecule has 3 aliphatic heterocycles. The fourth-order valence-electron chi connectivity index (χ4n) is 8.70. The SMILES string of the molecule is CCc1nc2c(cnn2CC)c(NC2CCOCC2)c1CNC(=O)c1cc(C)cc(C(=O)NCc2ccc(OC)c(-c3cccc(CN4C[C@@H]5CC4CN5)c3)c2)c1. The lowest BCUT2D eigenvalue weighted by Gasteiger charge is -2.27. The molecule has 12 nitrogen and oxygen atoms in total. The van der Waals surface area contributed by atoms with Crippen molar-refractivity contribution in [3.8, 4) is 16.9 Å². The lowest BCUT2D eigenvalue weighted by atomic mass is 9.99. The minimum Gasteiger partial charge on any atom is -0.496 e. The lowest BCUT2D eigenvalue weighted by molar-refractivity contribution is 0.0904. The number of hydrogen-bond acceptors (Lipinski definition) is 9. The van der Waals surface area contributed by atoms with Crippen molar-refractivity contribution in [2.45, 2.75) is 90.8 Å². The van der Waals surface area contributed by atoms with Crippen molar-refractivity contribution >= 4 is 28.5 Å². The highest BCUT2D eigenvalue weighted by Gasteiger charge is 2.37. The van der Waals surface area contributed by atoms with Gasteiger partial charge in [-0.1, -0.05) is 31.2 Å². The molecule has 0 saturated carbocycles. The molecule has 5 heterocycles. The van der Waals surface area contributed by atoms with Gasteiger partial charge in [0.05, 0.1) is 24.4 Å². The Bertz CT molecular complexity index is 2260. The molecule has 2 bridgehead atoms. The van der Waals surface area contributed by atoms with Gasteiger partial charge in [-0.05, 0) is 98.2 Å². The molecular formula is C45H54N8O4. The van der Waals surface area contributed by atoms with E-state index in [1.165, 1.54) is 12.0 Å². The van der Waals surface area contributed by atoms with Crippen LogP contribution in [0.3, 0.4) is 0 Å². The zero-order chi connectivity index (χ0) is 39.5. The highest BCUT2D eigenvalue weighted by Crippen LogP contribution is 2.34. The Kier molecular flexibility index (Phi) is 11.5. The molecule has 298 valence electrons. The van der Waals surface area contributed by atoms with Gasteiger partial charge in [0.2, 0.25) is 0 Å². The third kappa shape index (κ3) is 8.39. The maximum absolute atomic E-state index is 13.8. The van der Waals surface area contributed by atoms with Crippen molar-refractivity contribution in [2.24, 2.45) is 0 Å². The fourth-order valence-corrected chi connectivity index (χ4v) is 8.70. The number of piperazine rings is 1. The first-order valence-corrected chi connectivity index (χ1v) is 20.4. The van der Waals surface area contributed by atoms with E-state index in [0.717, 1.165) is 88.5 Å². The number of aryl methyl sites for hydroxylation is 3. The van der Waals surface area contributed by atoms with E-state index < -0.39 is 0 Å². The van der Waals surface area contributed by atoms with Gasteiger partial charge in [-0.15, -0.1) is 0 Å². The molecule has 3 saturated heterocycles. The molecule has 1 unspecified atom stereocenters. The first kappa shape index (κ1) is 38.6. The molecule has 2 aromatic heterocycles. The van der Waals surface area contributed by atoms with Crippen molar-refractivity contribution in [3.05, 3.63) is 106 Å². The van der Waals surface area contributed by atoms with Gasteiger partial charge in [-0.2, -0.15) is 5.10 Å². The maximum atomic E-state index is 13.8. The number of ether oxygens (including phenoxy) is 2. The standard InChI is InChI=1S/C45H54N8O4/c1-5-40-38(42(50-34-12-14-57-15-13-34)39-25-49-53(6-2)43(39)51-40)24-48-45(55)33-17-28(3)16-32(20-33)44(54)47-22-29-10-11-41(56-4)37(19-29)31-9-7-8-30(18-31)26-52-27-35-21-36(52)23-46-35/h7-11,16-20,25,34-36,46H,5-6,12-15,21-24,26-27H2,1-4H3,(H,47,54)(H,48,55)(H,50,51)/t35-,36?/m0/s1. The Morgan fingerprint density at radius 1 is 0.965 bits per heavy atom. The molecule has 2 atom stereocenters. The van der Waals surface area contributed by atoms with Crippen molar-refractivity contribution in [2.75, 3.05) is 38.7 Å². The zero-order valence-electron chi connectivity index (χ0n) is 33.5. The number of pyridine rings is 1. The predicted octanol–water partition coefficient (Wildman–Crippen LogP) is 5.99. The second-order valence-corrected chi connectivity index (χ2v) is 15.6. The van der Waals surface area contributed by atoms with Crippen molar-refractivity contribution in [1.82, 2.24) is 35.6 Å². The van der Waals surface area contributed by atoms with E-state index >= 15 is 0 Å². The van der Waals surface area contributed by atoms with Crippen LogP contribution in [0.1, 0.15) is 81.8 Å². The highest BCUT2D eigenvalue weighted by atomic mass is 16.5. The number of benzene rings is 3. The Balaban J connectivity index is 0.958. The summed E-state index contributed by atoms with van der Waals surface area (Å²) in [6, 6.07) is 21.5. The molecule has 12 heteroatoms. The van der Waals surface area contributed by atoms with Gasteiger partial charge in [0.15, 0.2) is 5.65 Å². The Labute approximate surface area is 334 Å². The van der Waals surface area contributed by atoms with Gasteiger partial charge < -0.3 is 30.7 Å². The summed E-state index contributed by atoms with van der Waals surface area (Å²) in [6.45, 7) is 11.9. The van der Waals surface area contributed by atoms with Crippen LogP contribution in [0.25, 0.3) is 22.2 Å². The minimum atomic E-state index is -0.257. The molecular weight excluding hydrogens is 717 g/mol. The predicted molar refractivity (Wildman–Crippen MR) is 223 cm³/mol. The number of aromatic nitrogens is 3. The summed E-state index contributed by atoms with van der Waals surface area (Å²) >= 11 is 0. The second-order valence-electron chi connectivity index (χ2n) is 15.6. The number of rotatable bonds is 14. The number of anilines is 1. The minimum absolute atomic E-state index is 0.250. The average molecular weight is 771 g/mol. The second kappa shape index (κ2) is 17.1. The van der Waals surface area contributed by atoms with E-state index in [9.17, 15) is 9.59 Å². The normalized spacial score (nSPS) is 18.2. The summed E-state index contributed by atoms with van der Waals surface area (Å²) in [5.74, 6) is 0.276. The van der Waals surface area contributed by atoms with Crippen molar-refractivity contribution in [3.63, 3.8) is 0 Å². The van der Waals surface area contributed by atoms with Crippen LogP contribution in [0.15, 0.2) is 66.9 Å². The monoisotopic (exact) mass is 770 g/mol. The Morgan fingerprint density at radius 2 is 1.75 bits per heavy atom. The number of methoxy groups -OCH3 is 1. The number of nitrogens with one attached hydrogen (secondary N) is 4. The summed E-state index contributed by atoms with van der Waals surface area (Å²) in [4.78, 5) is 35.0. The summed E-state index contributed by atoms with van der Waals surface area (Å²) in [7, 11) is 1.69. The number of nitrogens with zero attached hydrogens (tertiary/aromatic N) is 4. The zero-order valence-corrected chi connectivity index (χ0v) is 33.5. The van der Waals surface area contributed by atoms with Crippen LogP contribution in [-0.4, -0.2) is 83.0 Å². The lowest BCUT2D eigenvalue weighted by Crippen LogP contribution is -2.42. The molecule has 3 aromatic carbocycles. The number of amides is 2. The molecule has 0 spiro atoms. The molecule has 4 N–H and O–H groups in total. The van der Waals surface area contributed by atoms with Gasteiger partial charge in [-0.25, -0.2) is 9.67 Å². The molecule has 3 aliphatic rings. The van der Waals surface area contributed by atoms with Crippen LogP contribution in [0, 0.1) is 6.92 Å².